The van der Waals surface area contributed by atoms with Crippen molar-refractivity contribution in [2.75, 3.05) is 13.7 Å². The van der Waals surface area contributed by atoms with Crippen LogP contribution in [0.4, 0.5) is 0 Å². The van der Waals surface area contributed by atoms with Gasteiger partial charge in [-0.1, -0.05) is 32.4 Å². The van der Waals surface area contributed by atoms with E-state index >= 15 is 0 Å². The molecule has 1 heterocycles. The third-order valence-electron chi connectivity index (χ3n) is 2.80. The van der Waals surface area contributed by atoms with E-state index in [-0.39, 0.29) is 16.1 Å². The number of hydrogen-bond acceptors (Lipinski definition) is 5. The first-order valence-electron chi connectivity index (χ1n) is 6.36. The van der Waals surface area contributed by atoms with E-state index in [0.29, 0.717) is 5.69 Å². The van der Waals surface area contributed by atoms with E-state index in [4.69, 9.17) is 16.7 Å². The Kier molecular flexibility index (Phi) is 5.69. The van der Waals surface area contributed by atoms with Crippen LogP contribution in [0.25, 0.3) is 0 Å². The Labute approximate surface area is 128 Å². The van der Waals surface area contributed by atoms with Crippen molar-refractivity contribution < 1.29 is 19.4 Å². The number of hydrogen-bond donors (Lipinski definition) is 2. The van der Waals surface area contributed by atoms with Gasteiger partial charge in [0.1, 0.15) is 5.15 Å². The molecule has 0 saturated heterocycles. The predicted octanol–water partition coefficient (Wildman–Crippen LogP) is 1.30. The number of amides is 1. The second-order valence-electron chi connectivity index (χ2n) is 5.55. The van der Waals surface area contributed by atoms with Crippen molar-refractivity contribution in [3.63, 3.8) is 0 Å². The summed E-state index contributed by atoms with van der Waals surface area (Å²) in [6, 6.07) is 1.89. The highest BCUT2D eigenvalue weighted by atomic mass is 35.5. The maximum atomic E-state index is 12.1. The van der Waals surface area contributed by atoms with Gasteiger partial charge in [-0.2, -0.15) is 0 Å². The molecule has 0 saturated carbocycles. The van der Waals surface area contributed by atoms with Gasteiger partial charge in [-0.15, -0.1) is 0 Å². The van der Waals surface area contributed by atoms with Crippen LogP contribution < -0.4 is 5.32 Å². The fourth-order valence-corrected chi connectivity index (χ4v) is 1.78. The Bertz CT molecular complexity index is 540. The van der Waals surface area contributed by atoms with Crippen molar-refractivity contribution in [1.29, 1.82) is 0 Å². The quantitative estimate of drug-likeness (QED) is 0.646. The van der Waals surface area contributed by atoms with Crippen LogP contribution in [0.2, 0.25) is 5.15 Å². The number of aromatic nitrogens is 1. The zero-order valence-corrected chi connectivity index (χ0v) is 13.2. The Morgan fingerprint density at radius 3 is 2.52 bits per heavy atom. The Hall–Kier alpha value is -1.66. The number of nitrogens with zero attached hydrogens (tertiary/aromatic N) is 1. The highest BCUT2D eigenvalue weighted by Crippen LogP contribution is 2.23. The number of methoxy groups -OCH3 is 1. The van der Waals surface area contributed by atoms with Crippen LogP contribution in [-0.2, 0) is 14.9 Å². The highest BCUT2D eigenvalue weighted by Gasteiger charge is 2.23. The molecule has 0 aliphatic heterocycles. The van der Waals surface area contributed by atoms with Crippen LogP contribution in [0.1, 0.15) is 36.8 Å². The minimum absolute atomic E-state index is 0.186. The maximum absolute atomic E-state index is 12.1. The van der Waals surface area contributed by atoms with Crippen LogP contribution in [0.5, 0.6) is 0 Å². The van der Waals surface area contributed by atoms with Crippen LogP contribution >= 0.6 is 11.6 Å². The molecule has 0 spiro atoms. The highest BCUT2D eigenvalue weighted by molar-refractivity contribution is 6.29. The van der Waals surface area contributed by atoms with Crippen molar-refractivity contribution in [1.82, 2.24) is 10.3 Å². The molecule has 1 atom stereocenters. The summed E-state index contributed by atoms with van der Waals surface area (Å²) >= 11 is 5.93. The molecule has 0 radical (unpaired) electrons. The number of carbonyl (C=O) groups is 2. The van der Waals surface area contributed by atoms with E-state index in [9.17, 15) is 9.59 Å². The van der Waals surface area contributed by atoms with Crippen LogP contribution in [0.3, 0.4) is 0 Å². The number of aliphatic hydroxyl groups is 1. The van der Waals surface area contributed by atoms with Gasteiger partial charge < -0.3 is 15.2 Å². The Morgan fingerprint density at radius 2 is 2.05 bits per heavy atom. The lowest BCUT2D eigenvalue weighted by Gasteiger charge is -2.19. The molecule has 6 nitrogen and oxygen atoms in total. The van der Waals surface area contributed by atoms with Gasteiger partial charge in [-0.3, -0.25) is 4.79 Å². The average molecular weight is 315 g/mol. The molecular formula is C14H19ClN2O4. The average Bonchev–Trinajstić information content (AvgIpc) is 2.41. The SMILES string of the molecule is COC(=O)C(CO)NC(=O)c1cc(Cl)nc(C(C)(C)C)c1. The first-order valence-corrected chi connectivity index (χ1v) is 6.74. The lowest BCUT2D eigenvalue weighted by atomic mass is 9.91. The molecule has 0 fully saturated rings. The standard InChI is InChI=1S/C14H19ClN2O4/c1-14(2,3)10-5-8(6-11(15)17-10)12(19)16-9(7-18)13(20)21-4/h5-6,9,18H,7H2,1-4H3,(H,16,19). The topological polar surface area (TPSA) is 88.5 Å². The van der Waals surface area contributed by atoms with Gasteiger partial charge in [0.05, 0.1) is 13.7 Å². The van der Waals surface area contributed by atoms with Gasteiger partial charge in [0.2, 0.25) is 0 Å². The van der Waals surface area contributed by atoms with Gasteiger partial charge in [-0.25, -0.2) is 9.78 Å². The fraction of sp³-hybridized carbons (Fsp3) is 0.500. The minimum Gasteiger partial charge on any atom is -0.467 e. The predicted molar refractivity (Wildman–Crippen MR) is 78.3 cm³/mol. The molecule has 2 N–H and O–H groups in total. The molecule has 7 heteroatoms. The zero-order chi connectivity index (χ0) is 16.2. The number of esters is 1. The van der Waals surface area contributed by atoms with E-state index in [2.05, 4.69) is 15.0 Å². The first kappa shape index (κ1) is 17.4. The summed E-state index contributed by atoms with van der Waals surface area (Å²) in [5.41, 5.74) is 0.639. The molecule has 0 aromatic carbocycles. The van der Waals surface area contributed by atoms with E-state index in [1.807, 2.05) is 20.8 Å². The molecule has 1 aromatic heterocycles. The van der Waals surface area contributed by atoms with Crippen molar-refractivity contribution in [2.45, 2.75) is 32.2 Å². The molecule has 0 bridgehead atoms. The zero-order valence-electron chi connectivity index (χ0n) is 12.4. The van der Waals surface area contributed by atoms with Gasteiger partial charge >= 0.3 is 5.97 Å². The van der Waals surface area contributed by atoms with Crippen molar-refractivity contribution in [2.24, 2.45) is 0 Å². The third kappa shape index (κ3) is 4.68. The molecule has 1 unspecified atom stereocenters. The van der Waals surface area contributed by atoms with Crippen LogP contribution in [0, 0.1) is 0 Å². The van der Waals surface area contributed by atoms with Gasteiger partial charge in [0.15, 0.2) is 6.04 Å². The summed E-state index contributed by atoms with van der Waals surface area (Å²) in [7, 11) is 1.18. The third-order valence-corrected chi connectivity index (χ3v) is 2.99. The van der Waals surface area contributed by atoms with E-state index < -0.39 is 24.5 Å². The maximum Gasteiger partial charge on any atom is 0.330 e. The van der Waals surface area contributed by atoms with Crippen LogP contribution in [0.15, 0.2) is 12.1 Å². The number of ether oxygens (including phenoxy) is 1. The second-order valence-corrected chi connectivity index (χ2v) is 5.93. The van der Waals surface area contributed by atoms with Crippen molar-refractivity contribution in [3.8, 4) is 0 Å². The summed E-state index contributed by atoms with van der Waals surface area (Å²) in [5.74, 6) is -1.25. The molecule has 1 aromatic rings. The smallest absolute Gasteiger partial charge is 0.330 e. The fourth-order valence-electron chi connectivity index (χ4n) is 1.58. The number of carbonyl (C=O) groups excluding carboxylic acids is 2. The molecule has 0 aliphatic rings. The number of halogens is 1. The van der Waals surface area contributed by atoms with Crippen molar-refractivity contribution >= 4 is 23.5 Å². The Balaban J connectivity index is 3.02. The molecule has 1 amide bonds. The largest absolute Gasteiger partial charge is 0.467 e. The summed E-state index contributed by atoms with van der Waals surface area (Å²) in [6.45, 7) is 5.28. The number of rotatable bonds is 4. The summed E-state index contributed by atoms with van der Waals surface area (Å²) < 4.78 is 4.49. The normalized spacial score (nSPS) is 12.7. The van der Waals surface area contributed by atoms with E-state index in [0.717, 1.165) is 0 Å². The number of aliphatic hydroxyl groups excluding tert-OH is 1. The molecule has 1 rings (SSSR count). The summed E-state index contributed by atoms with van der Waals surface area (Å²) in [4.78, 5) is 27.7. The lowest BCUT2D eigenvalue weighted by molar-refractivity contribution is -0.143. The monoisotopic (exact) mass is 314 g/mol. The van der Waals surface area contributed by atoms with E-state index in [1.54, 1.807) is 6.07 Å². The Morgan fingerprint density at radius 1 is 1.43 bits per heavy atom. The van der Waals surface area contributed by atoms with Gasteiger partial charge in [-0.05, 0) is 12.1 Å². The molecule has 0 aliphatic carbocycles. The number of pyridine rings is 1. The van der Waals surface area contributed by atoms with Crippen molar-refractivity contribution in [3.05, 3.63) is 28.5 Å². The molecule has 116 valence electrons. The minimum atomic E-state index is -1.12. The van der Waals surface area contributed by atoms with E-state index in [1.165, 1.54) is 13.2 Å². The molecular weight excluding hydrogens is 296 g/mol. The summed E-state index contributed by atoms with van der Waals surface area (Å²) in [5, 5.41) is 11.7. The van der Waals surface area contributed by atoms with Crippen LogP contribution in [-0.4, -0.2) is 41.7 Å². The second kappa shape index (κ2) is 6.87. The number of nitrogens with one attached hydrogen (secondary N) is 1. The lowest BCUT2D eigenvalue weighted by Crippen LogP contribution is -2.44. The molecule has 21 heavy (non-hydrogen) atoms. The van der Waals surface area contributed by atoms with Gasteiger partial charge in [0, 0.05) is 16.7 Å². The first-order chi connectivity index (χ1) is 9.68. The summed E-state index contributed by atoms with van der Waals surface area (Å²) in [6.07, 6.45) is 0. The van der Waals surface area contributed by atoms with Gasteiger partial charge in [0.25, 0.3) is 5.91 Å².